The lowest BCUT2D eigenvalue weighted by molar-refractivity contribution is -0.118. The molecule has 1 N–H and O–H groups in total. The smallest absolute Gasteiger partial charge is 0.115 e. The van der Waals surface area contributed by atoms with Crippen molar-refractivity contribution in [3.8, 4) is 0 Å². The Morgan fingerprint density at radius 3 is 3.15 bits per heavy atom. The van der Waals surface area contributed by atoms with E-state index in [-0.39, 0.29) is 6.10 Å². The van der Waals surface area contributed by atoms with E-state index in [1.165, 1.54) is 11.5 Å². The highest BCUT2D eigenvalue weighted by Crippen LogP contribution is 2.32. The Kier molecular flexibility index (Phi) is 2.36. The van der Waals surface area contributed by atoms with E-state index in [0.29, 0.717) is 6.61 Å². The van der Waals surface area contributed by atoms with Gasteiger partial charge in [0.25, 0.3) is 0 Å². The summed E-state index contributed by atoms with van der Waals surface area (Å²) in [6, 6.07) is 0. The zero-order valence-corrected chi connectivity index (χ0v) is 8.38. The molecular weight excluding hydrogens is 186 g/mol. The summed E-state index contributed by atoms with van der Waals surface area (Å²) in [5.74, 6) is 0. The van der Waals surface area contributed by atoms with Crippen LogP contribution in [0.5, 0.6) is 0 Å². The van der Waals surface area contributed by atoms with Crippen LogP contribution in [0.2, 0.25) is 0 Å². The number of rotatable bonds is 1. The summed E-state index contributed by atoms with van der Waals surface area (Å²) in [6.07, 6.45) is 3.68. The lowest BCUT2D eigenvalue weighted by atomic mass is 9.89. The fourth-order valence-electron chi connectivity index (χ4n) is 1.54. The first-order valence-corrected chi connectivity index (χ1v) is 5.28. The van der Waals surface area contributed by atoms with Gasteiger partial charge in [0.05, 0.1) is 12.7 Å². The summed E-state index contributed by atoms with van der Waals surface area (Å²) in [7, 11) is 0. The molecule has 2 unspecified atom stereocenters. The summed E-state index contributed by atoms with van der Waals surface area (Å²) in [5.41, 5.74) is 0.101. The van der Waals surface area contributed by atoms with E-state index in [1.807, 2.05) is 12.3 Å². The normalized spacial score (nSPS) is 34.8. The van der Waals surface area contributed by atoms with Crippen molar-refractivity contribution < 1.29 is 9.84 Å². The second-order valence-electron chi connectivity index (χ2n) is 3.60. The molecule has 0 aromatic carbocycles. The van der Waals surface area contributed by atoms with Crippen molar-refractivity contribution in [2.75, 3.05) is 6.61 Å². The lowest BCUT2D eigenvalue weighted by Crippen LogP contribution is -2.38. The molecule has 0 radical (unpaired) electrons. The molecule has 2 heterocycles. The minimum Gasteiger partial charge on any atom is -0.383 e. The van der Waals surface area contributed by atoms with E-state index in [9.17, 15) is 5.11 Å². The Morgan fingerprint density at radius 1 is 1.77 bits per heavy atom. The predicted molar refractivity (Wildman–Crippen MR) is 50.7 cm³/mol. The molecule has 4 heteroatoms. The van der Waals surface area contributed by atoms with E-state index in [2.05, 4.69) is 4.37 Å². The van der Waals surface area contributed by atoms with Crippen LogP contribution in [0.3, 0.4) is 0 Å². The Balaban J connectivity index is 2.13. The highest BCUT2D eigenvalue weighted by atomic mass is 32.1. The minimum atomic E-state index is -0.792. The standard InChI is InChI=1S/C9H13NO2S/c1-7-2-3-9(11,6-12-7)8-4-10-13-5-8/h4-5,7,11H,2-3,6H2,1H3. The summed E-state index contributed by atoms with van der Waals surface area (Å²) >= 11 is 1.37. The van der Waals surface area contributed by atoms with Crippen molar-refractivity contribution in [1.82, 2.24) is 4.37 Å². The molecule has 1 aliphatic rings. The molecule has 0 aliphatic carbocycles. The van der Waals surface area contributed by atoms with Crippen LogP contribution in [0.15, 0.2) is 11.6 Å². The van der Waals surface area contributed by atoms with Crippen LogP contribution in [-0.2, 0) is 10.3 Å². The summed E-state index contributed by atoms with van der Waals surface area (Å²) in [5, 5.41) is 12.1. The van der Waals surface area contributed by atoms with Crippen LogP contribution >= 0.6 is 11.5 Å². The average molecular weight is 199 g/mol. The van der Waals surface area contributed by atoms with Crippen LogP contribution in [0.25, 0.3) is 0 Å². The van der Waals surface area contributed by atoms with Crippen molar-refractivity contribution in [1.29, 1.82) is 0 Å². The van der Waals surface area contributed by atoms with Gasteiger partial charge in [0.2, 0.25) is 0 Å². The molecule has 1 fully saturated rings. The van der Waals surface area contributed by atoms with Gasteiger partial charge in [0.15, 0.2) is 0 Å². The maximum absolute atomic E-state index is 10.2. The maximum Gasteiger partial charge on any atom is 0.115 e. The average Bonchev–Trinajstić information content (AvgIpc) is 2.63. The second-order valence-corrected chi connectivity index (χ2v) is 4.26. The lowest BCUT2D eigenvalue weighted by Gasteiger charge is -2.34. The molecule has 13 heavy (non-hydrogen) atoms. The molecule has 72 valence electrons. The third-order valence-electron chi connectivity index (χ3n) is 2.54. The first-order valence-electron chi connectivity index (χ1n) is 4.44. The minimum absolute atomic E-state index is 0.270. The fraction of sp³-hybridized carbons (Fsp3) is 0.667. The summed E-state index contributed by atoms with van der Waals surface area (Å²) in [4.78, 5) is 0. The number of aromatic nitrogens is 1. The van der Waals surface area contributed by atoms with Crippen molar-refractivity contribution in [2.45, 2.75) is 31.5 Å². The van der Waals surface area contributed by atoms with Crippen LogP contribution in [0.4, 0.5) is 0 Å². The number of ether oxygens (including phenoxy) is 1. The Hall–Kier alpha value is -0.450. The van der Waals surface area contributed by atoms with E-state index in [4.69, 9.17) is 4.74 Å². The van der Waals surface area contributed by atoms with E-state index in [0.717, 1.165) is 18.4 Å². The highest BCUT2D eigenvalue weighted by Gasteiger charge is 2.34. The van der Waals surface area contributed by atoms with Gasteiger partial charge in [-0.15, -0.1) is 0 Å². The SMILES string of the molecule is CC1CCC(O)(c2cnsc2)CO1. The van der Waals surface area contributed by atoms with Gasteiger partial charge in [0, 0.05) is 17.1 Å². The topological polar surface area (TPSA) is 42.4 Å². The molecule has 1 saturated heterocycles. The summed E-state index contributed by atoms with van der Waals surface area (Å²) in [6.45, 7) is 2.43. The first-order chi connectivity index (χ1) is 6.21. The predicted octanol–water partition coefficient (Wildman–Crippen LogP) is 1.53. The van der Waals surface area contributed by atoms with Crippen molar-refractivity contribution >= 4 is 11.5 Å². The zero-order valence-electron chi connectivity index (χ0n) is 7.56. The van der Waals surface area contributed by atoms with Gasteiger partial charge in [-0.2, -0.15) is 0 Å². The van der Waals surface area contributed by atoms with Crippen LogP contribution in [-0.4, -0.2) is 22.2 Å². The number of aliphatic hydroxyl groups is 1. The van der Waals surface area contributed by atoms with Crippen LogP contribution in [0.1, 0.15) is 25.3 Å². The molecule has 0 spiro atoms. The molecule has 0 bridgehead atoms. The van der Waals surface area contributed by atoms with Gasteiger partial charge < -0.3 is 9.84 Å². The van der Waals surface area contributed by atoms with Gasteiger partial charge in [0.1, 0.15) is 5.60 Å². The molecule has 0 saturated carbocycles. The van der Waals surface area contributed by atoms with Gasteiger partial charge in [-0.3, -0.25) is 0 Å². The van der Waals surface area contributed by atoms with Crippen LogP contribution < -0.4 is 0 Å². The molecule has 2 rings (SSSR count). The quantitative estimate of drug-likeness (QED) is 0.745. The Bertz CT molecular complexity index is 265. The van der Waals surface area contributed by atoms with Crippen molar-refractivity contribution in [2.24, 2.45) is 0 Å². The molecule has 1 aromatic rings. The maximum atomic E-state index is 10.2. The number of hydrogen-bond donors (Lipinski definition) is 1. The highest BCUT2D eigenvalue weighted by molar-refractivity contribution is 7.03. The zero-order chi connectivity index (χ0) is 9.31. The molecule has 1 aromatic heterocycles. The largest absolute Gasteiger partial charge is 0.383 e. The van der Waals surface area contributed by atoms with Gasteiger partial charge in [-0.05, 0) is 31.3 Å². The van der Waals surface area contributed by atoms with E-state index in [1.54, 1.807) is 6.20 Å². The molecule has 3 nitrogen and oxygen atoms in total. The third-order valence-corrected chi connectivity index (χ3v) is 3.13. The van der Waals surface area contributed by atoms with Crippen LogP contribution in [0, 0.1) is 0 Å². The van der Waals surface area contributed by atoms with E-state index >= 15 is 0 Å². The summed E-state index contributed by atoms with van der Waals surface area (Å²) < 4.78 is 9.43. The Morgan fingerprint density at radius 2 is 2.62 bits per heavy atom. The third kappa shape index (κ3) is 1.75. The Labute approximate surface area is 81.5 Å². The monoisotopic (exact) mass is 199 g/mol. The second kappa shape index (κ2) is 3.36. The van der Waals surface area contributed by atoms with Crippen molar-refractivity contribution in [3.63, 3.8) is 0 Å². The molecule has 1 aliphatic heterocycles. The molecule has 2 atom stereocenters. The first kappa shape index (κ1) is 9.12. The van der Waals surface area contributed by atoms with Crippen molar-refractivity contribution in [3.05, 3.63) is 17.1 Å². The molecular formula is C9H13NO2S. The van der Waals surface area contributed by atoms with Gasteiger partial charge in [-0.1, -0.05) is 0 Å². The van der Waals surface area contributed by atoms with E-state index < -0.39 is 5.60 Å². The fourth-order valence-corrected chi connectivity index (χ4v) is 2.17. The molecule has 0 amide bonds. The number of nitrogens with zero attached hydrogens (tertiary/aromatic N) is 1. The van der Waals surface area contributed by atoms with Gasteiger partial charge in [-0.25, -0.2) is 4.37 Å². The number of hydrogen-bond acceptors (Lipinski definition) is 4. The van der Waals surface area contributed by atoms with Gasteiger partial charge >= 0.3 is 0 Å².